The van der Waals surface area contributed by atoms with Gasteiger partial charge in [0.2, 0.25) is 0 Å². The molecule has 0 radical (unpaired) electrons. The highest BCUT2D eigenvalue weighted by Gasteiger charge is 2.12. The van der Waals surface area contributed by atoms with E-state index in [4.69, 9.17) is 5.11 Å². The number of fused-ring (bicyclic) bond motifs is 1. The standard InChI is InChI=1S/C15H12N2O2/c1-10-5-7-11(8-6-10)17-9-16-14-12(15(18)19)3-2-4-13(14)17/h2-9H,1H3,(H,18,19). The number of carboxylic acids is 1. The van der Waals surface area contributed by atoms with Crippen molar-refractivity contribution < 1.29 is 9.90 Å². The smallest absolute Gasteiger partial charge is 0.337 e. The number of imidazole rings is 1. The van der Waals surface area contributed by atoms with Crippen molar-refractivity contribution in [3.63, 3.8) is 0 Å². The molecule has 0 fully saturated rings. The Morgan fingerprint density at radius 2 is 1.89 bits per heavy atom. The monoisotopic (exact) mass is 252 g/mol. The molecule has 0 saturated carbocycles. The predicted molar refractivity (Wildman–Crippen MR) is 72.8 cm³/mol. The molecule has 1 heterocycles. The maximum Gasteiger partial charge on any atom is 0.337 e. The van der Waals surface area contributed by atoms with Crippen LogP contribution in [0.4, 0.5) is 0 Å². The van der Waals surface area contributed by atoms with Gasteiger partial charge in [0.1, 0.15) is 11.8 Å². The highest BCUT2D eigenvalue weighted by Crippen LogP contribution is 2.21. The summed E-state index contributed by atoms with van der Waals surface area (Å²) in [6, 6.07) is 13.2. The van der Waals surface area contributed by atoms with E-state index in [9.17, 15) is 4.79 Å². The lowest BCUT2D eigenvalue weighted by Crippen LogP contribution is -1.98. The van der Waals surface area contributed by atoms with Gasteiger partial charge in [0, 0.05) is 5.69 Å². The number of carbonyl (C=O) groups is 1. The lowest BCUT2D eigenvalue weighted by molar-refractivity contribution is 0.0699. The molecule has 4 heteroatoms. The van der Waals surface area contributed by atoms with Gasteiger partial charge >= 0.3 is 5.97 Å². The van der Waals surface area contributed by atoms with Gasteiger partial charge < -0.3 is 5.11 Å². The van der Waals surface area contributed by atoms with Gasteiger partial charge in [-0.1, -0.05) is 23.8 Å². The summed E-state index contributed by atoms with van der Waals surface area (Å²) in [5, 5.41) is 9.15. The zero-order valence-electron chi connectivity index (χ0n) is 10.4. The minimum absolute atomic E-state index is 0.225. The van der Waals surface area contributed by atoms with Crippen molar-refractivity contribution in [1.82, 2.24) is 9.55 Å². The van der Waals surface area contributed by atoms with Crippen molar-refractivity contribution in [2.75, 3.05) is 0 Å². The molecule has 0 aliphatic carbocycles. The van der Waals surface area contributed by atoms with Crippen molar-refractivity contribution >= 4 is 17.0 Å². The molecule has 3 rings (SSSR count). The zero-order chi connectivity index (χ0) is 13.4. The molecule has 0 saturated heterocycles. The van der Waals surface area contributed by atoms with Crippen LogP contribution in [0.15, 0.2) is 48.8 Å². The normalized spacial score (nSPS) is 10.8. The molecule has 4 nitrogen and oxygen atoms in total. The summed E-state index contributed by atoms with van der Waals surface area (Å²) in [6.07, 6.45) is 1.65. The van der Waals surface area contributed by atoms with Crippen LogP contribution in [-0.2, 0) is 0 Å². The second-order valence-corrected chi connectivity index (χ2v) is 4.43. The summed E-state index contributed by atoms with van der Waals surface area (Å²) in [5.41, 5.74) is 3.68. The minimum Gasteiger partial charge on any atom is -0.478 e. The Bertz CT molecular complexity index is 757. The van der Waals surface area contributed by atoms with Gasteiger partial charge in [-0.05, 0) is 31.2 Å². The first kappa shape index (κ1) is 11.5. The quantitative estimate of drug-likeness (QED) is 0.762. The Morgan fingerprint density at radius 3 is 2.58 bits per heavy atom. The number of carboxylic acid groups (broad SMARTS) is 1. The van der Waals surface area contributed by atoms with E-state index < -0.39 is 5.97 Å². The first-order chi connectivity index (χ1) is 9.16. The molecule has 2 aromatic carbocycles. The number of rotatable bonds is 2. The average Bonchev–Trinajstić information content (AvgIpc) is 2.83. The number of benzene rings is 2. The summed E-state index contributed by atoms with van der Waals surface area (Å²) in [7, 11) is 0. The third-order valence-corrected chi connectivity index (χ3v) is 3.12. The van der Waals surface area contributed by atoms with E-state index in [2.05, 4.69) is 4.98 Å². The summed E-state index contributed by atoms with van der Waals surface area (Å²) in [6.45, 7) is 2.03. The van der Waals surface area contributed by atoms with Gasteiger partial charge in [-0.2, -0.15) is 0 Å². The average molecular weight is 252 g/mol. The van der Waals surface area contributed by atoms with Crippen LogP contribution in [0.2, 0.25) is 0 Å². The van der Waals surface area contributed by atoms with Crippen LogP contribution in [0.1, 0.15) is 15.9 Å². The fourth-order valence-electron chi connectivity index (χ4n) is 2.12. The molecular weight excluding hydrogens is 240 g/mol. The maximum absolute atomic E-state index is 11.2. The van der Waals surface area contributed by atoms with Crippen LogP contribution < -0.4 is 0 Å². The largest absolute Gasteiger partial charge is 0.478 e. The van der Waals surface area contributed by atoms with Crippen LogP contribution in [-0.4, -0.2) is 20.6 Å². The Balaban J connectivity index is 2.24. The van der Waals surface area contributed by atoms with E-state index in [0.29, 0.717) is 5.52 Å². The highest BCUT2D eigenvalue weighted by molar-refractivity contribution is 6.01. The summed E-state index contributed by atoms with van der Waals surface area (Å²) >= 11 is 0. The lowest BCUT2D eigenvalue weighted by atomic mass is 10.2. The van der Waals surface area contributed by atoms with Gasteiger partial charge in [0.05, 0.1) is 11.1 Å². The Kier molecular flexibility index (Phi) is 2.56. The number of aromatic nitrogens is 2. The number of aryl methyl sites for hydroxylation is 1. The predicted octanol–water partition coefficient (Wildman–Crippen LogP) is 3.03. The lowest BCUT2D eigenvalue weighted by Gasteiger charge is -2.05. The number of nitrogens with zero attached hydrogens (tertiary/aromatic N) is 2. The van der Waals surface area contributed by atoms with Crippen molar-refractivity contribution in [2.24, 2.45) is 0 Å². The molecule has 1 N–H and O–H groups in total. The van der Waals surface area contributed by atoms with Crippen molar-refractivity contribution in [1.29, 1.82) is 0 Å². The molecule has 0 aliphatic rings. The SMILES string of the molecule is Cc1ccc(-n2cnc3c(C(=O)O)cccc32)cc1. The fourth-order valence-corrected chi connectivity index (χ4v) is 2.12. The topological polar surface area (TPSA) is 55.1 Å². The van der Waals surface area contributed by atoms with Crippen LogP contribution in [0.5, 0.6) is 0 Å². The Hall–Kier alpha value is -2.62. The molecule has 19 heavy (non-hydrogen) atoms. The third-order valence-electron chi connectivity index (χ3n) is 3.12. The number of hydrogen-bond acceptors (Lipinski definition) is 2. The van der Waals surface area contributed by atoms with Crippen LogP contribution in [0.25, 0.3) is 16.7 Å². The molecule has 3 aromatic rings. The molecule has 94 valence electrons. The van der Waals surface area contributed by atoms with Crippen LogP contribution in [0.3, 0.4) is 0 Å². The van der Waals surface area contributed by atoms with E-state index in [1.807, 2.05) is 41.8 Å². The third kappa shape index (κ3) is 1.87. The van der Waals surface area contributed by atoms with Crippen molar-refractivity contribution in [2.45, 2.75) is 6.92 Å². The Labute approximate surface area is 109 Å². The van der Waals surface area contributed by atoms with E-state index in [-0.39, 0.29) is 5.56 Å². The number of para-hydroxylation sites is 1. The molecule has 1 aromatic heterocycles. The number of aromatic carboxylic acids is 1. The molecule has 0 spiro atoms. The molecule has 0 atom stereocenters. The van der Waals surface area contributed by atoms with Gasteiger partial charge in [-0.15, -0.1) is 0 Å². The van der Waals surface area contributed by atoms with Crippen LogP contribution in [0, 0.1) is 6.92 Å². The first-order valence-electron chi connectivity index (χ1n) is 5.93. The molecule has 0 unspecified atom stereocenters. The summed E-state index contributed by atoms with van der Waals surface area (Å²) < 4.78 is 1.89. The molecule has 0 bridgehead atoms. The van der Waals surface area contributed by atoms with Gasteiger partial charge in [-0.3, -0.25) is 4.57 Å². The highest BCUT2D eigenvalue weighted by atomic mass is 16.4. The second kappa shape index (κ2) is 4.24. The van der Waals surface area contributed by atoms with Crippen LogP contribution >= 0.6 is 0 Å². The second-order valence-electron chi connectivity index (χ2n) is 4.43. The molecule has 0 aliphatic heterocycles. The van der Waals surface area contributed by atoms with Gasteiger partial charge in [0.15, 0.2) is 0 Å². The van der Waals surface area contributed by atoms with E-state index in [1.54, 1.807) is 18.5 Å². The maximum atomic E-state index is 11.2. The fraction of sp³-hybridized carbons (Fsp3) is 0.0667. The van der Waals surface area contributed by atoms with E-state index in [0.717, 1.165) is 11.2 Å². The minimum atomic E-state index is -0.959. The Morgan fingerprint density at radius 1 is 1.16 bits per heavy atom. The van der Waals surface area contributed by atoms with E-state index >= 15 is 0 Å². The van der Waals surface area contributed by atoms with Gasteiger partial charge in [0.25, 0.3) is 0 Å². The summed E-state index contributed by atoms with van der Waals surface area (Å²) in [4.78, 5) is 15.4. The van der Waals surface area contributed by atoms with Crippen molar-refractivity contribution in [3.05, 3.63) is 59.9 Å². The molecule has 0 amide bonds. The van der Waals surface area contributed by atoms with Gasteiger partial charge in [-0.25, -0.2) is 9.78 Å². The summed E-state index contributed by atoms with van der Waals surface area (Å²) in [5.74, 6) is -0.959. The first-order valence-corrected chi connectivity index (χ1v) is 5.93. The van der Waals surface area contributed by atoms with Crippen molar-refractivity contribution in [3.8, 4) is 5.69 Å². The van der Waals surface area contributed by atoms with E-state index in [1.165, 1.54) is 5.56 Å². The number of hydrogen-bond donors (Lipinski definition) is 1. The zero-order valence-corrected chi connectivity index (χ0v) is 10.4. The molecular formula is C15H12N2O2.